The molecule has 0 heterocycles. The van der Waals surface area contributed by atoms with Gasteiger partial charge in [0.05, 0.1) is 10.6 Å². The van der Waals surface area contributed by atoms with Gasteiger partial charge in [-0.3, -0.25) is 14.9 Å². The van der Waals surface area contributed by atoms with Crippen LogP contribution in [-0.2, 0) is 14.3 Å². The number of benzene rings is 3. The lowest BCUT2D eigenvalue weighted by Gasteiger charge is -2.10. The SMILES string of the molecule is O=C(COC(=O)/C=C/c1cccc([N+](=O)[O-])c1)Nc1ccccc1Sc1ccccc1. The smallest absolute Gasteiger partial charge is 0.331 e. The van der Waals surface area contributed by atoms with Crippen LogP contribution in [0.15, 0.2) is 94.7 Å². The predicted octanol–water partition coefficient (Wildman–Crippen LogP) is 4.94. The number of hydrogen-bond acceptors (Lipinski definition) is 6. The number of esters is 1. The Kier molecular flexibility index (Phi) is 7.56. The van der Waals surface area contributed by atoms with E-state index in [1.54, 1.807) is 18.2 Å². The van der Waals surface area contributed by atoms with E-state index in [0.29, 0.717) is 11.3 Å². The molecule has 156 valence electrons. The van der Waals surface area contributed by atoms with Gasteiger partial charge in [-0.15, -0.1) is 0 Å². The van der Waals surface area contributed by atoms with Crippen LogP contribution in [0.5, 0.6) is 0 Å². The number of ether oxygens (including phenoxy) is 1. The van der Waals surface area contributed by atoms with Crippen molar-refractivity contribution in [1.29, 1.82) is 0 Å². The van der Waals surface area contributed by atoms with Gasteiger partial charge in [-0.25, -0.2) is 4.79 Å². The first-order chi connectivity index (χ1) is 15.0. The van der Waals surface area contributed by atoms with Crippen LogP contribution in [0.3, 0.4) is 0 Å². The highest BCUT2D eigenvalue weighted by Crippen LogP contribution is 2.33. The lowest BCUT2D eigenvalue weighted by molar-refractivity contribution is -0.384. The lowest BCUT2D eigenvalue weighted by atomic mass is 10.2. The zero-order valence-electron chi connectivity index (χ0n) is 16.3. The van der Waals surface area contributed by atoms with Crippen LogP contribution >= 0.6 is 11.8 Å². The van der Waals surface area contributed by atoms with Crippen LogP contribution in [0.4, 0.5) is 11.4 Å². The Morgan fingerprint density at radius 1 is 1.00 bits per heavy atom. The molecule has 7 nitrogen and oxygen atoms in total. The van der Waals surface area contributed by atoms with Gasteiger partial charge in [0.1, 0.15) is 0 Å². The van der Waals surface area contributed by atoms with Crippen LogP contribution in [-0.4, -0.2) is 23.4 Å². The molecule has 3 aromatic rings. The molecule has 3 aromatic carbocycles. The molecule has 0 aromatic heterocycles. The monoisotopic (exact) mass is 434 g/mol. The first kappa shape index (κ1) is 21.8. The van der Waals surface area contributed by atoms with Gasteiger partial charge in [0.2, 0.25) is 0 Å². The first-order valence-electron chi connectivity index (χ1n) is 9.22. The second-order valence-corrected chi connectivity index (χ2v) is 7.37. The number of carbonyl (C=O) groups excluding carboxylic acids is 2. The summed E-state index contributed by atoms with van der Waals surface area (Å²) < 4.78 is 4.96. The van der Waals surface area contributed by atoms with E-state index in [9.17, 15) is 19.7 Å². The van der Waals surface area contributed by atoms with Gasteiger partial charge in [0, 0.05) is 28.0 Å². The molecular formula is C23H18N2O5S. The van der Waals surface area contributed by atoms with E-state index in [4.69, 9.17) is 4.74 Å². The first-order valence-corrected chi connectivity index (χ1v) is 10.0. The van der Waals surface area contributed by atoms with Crippen molar-refractivity contribution in [2.24, 2.45) is 0 Å². The summed E-state index contributed by atoms with van der Waals surface area (Å²) in [5, 5.41) is 13.5. The second-order valence-electron chi connectivity index (χ2n) is 6.25. The Hall–Kier alpha value is -3.91. The molecule has 0 aliphatic carbocycles. The van der Waals surface area contributed by atoms with Crippen molar-refractivity contribution < 1.29 is 19.2 Å². The highest BCUT2D eigenvalue weighted by molar-refractivity contribution is 7.99. The maximum atomic E-state index is 12.2. The molecule has 3 rings (SSSR count). The maximum absolute atomic E-state index is 12.2. The average molecular weight is 434 g/mol. The van der Waals surface area contributed by atoms with Gasteiger partial charge >= 0.3 is 5.97 Å². The van der Waals surface area contributed by atoms with Crippen molar-refractivity contribution in [2.75, 3.05) is 11.9 Å². The fraction of sp³-hybridized carbons (Fsp3) is 0.0435. The van der Waals surface area contributed by atoms with Gasteiger partial charge in [0.25, 0.3) is 11.6 Å². The van der Waals surface area contributed by atoms with E-state index in [1.807, 2.05) is 42.5 Å². The number of nitro benzene ring substituents is 1. The summed E-state index contributed by atoms with van der Waals surface area (Å²) in [5.41, 5.74) is 1.01. The number of nitro groups is 1. The number of hydrogen-bond donors (Lipinski definition) is 1. The summed E-state index contributed by atoms with van der Waals surface area (Å²) in [6, 6.07) is 22.9. The van der Waals surface area contributed by atoms with Crippen molar-refractivity contribution in [3.63, 3.8) is 0 Å². The van der Waals surface area contributed by atoms with E-state index in [-0.39, 0.29) is 5.69 Å². The van der Waals surface area contributed by atoms with Crippen LogP contribution in [0, 0.1) is 10.1 Å². The Morgan fingerprint density at radius 3 is 2.52 bits per heavy atom. The van der Waals surface area contributed by atoms with Gasteiger partial charge in [-0.2, -0.15) is 0 Å². The molecule has 0 radical (unpaired) electrons. The minimum absolute atomic E-state index is 0.0815. The molecule has 31 heavy (non-hydrogen) atoms. The highest BCUT2D eigenvalue weighted by Gasteiger charge is 2.10. The van der Waals surface area contributed by atoms with Crippen molar-refractivity contribution in [3.05, 3.63) is 101 Å². The van der Waals surface area contributed by atoms with E-state index in [2.05, 4.69) is 5.32 Å². The van der Waals surface area contributed by atoms with Crippen LogP contribution < -0.4 is 5.32 Å². The van der Waals surface area contributed by atoms with E-state index in [1.165, 1.54) is 36.0 Å². The highest BCUT2D eigenvalue weighted by atomic mass is 32.2. The van der Waals surface area contributed by atoms with Crippen molar-refractivity contribution in [3.8, 4) is 0 Å². The molecule has 1 amide bonds. The van der Waals surface area contributed by atoms with Crippen LogP contribution in [0.1, 0.15) is 5.56 Å². The quantitative estimate of drug-likeness (QED) is 0.233. The molecule has 0 aliphatic heterocycles. The predicted molar refractivity (Wildman–Crippen MR) is 119 cm³/mol. The summed E-state index contributed by atoms with van der Waals surface area (Å²) >= 11 is 1.51. The molecule has 0 spiro atoms. The fourth-order valence-corrected chi connectivity index (χ4v) is 3.47. The molecule has 0 aliphatic rings. The van der Waals surface area contributed by atoms with E-state index in [0.717, 1.165) is 15.9 Å². The normalized spacial score (nSPS) is 10.6. The summed E-state index contributed by atoms with van der Waals surface area (Å²) in [4.78, 5) is 36.3. The summed E-state index contributed by atoms with van der Waals surface area (Å²) in [6.45, 7) is -0.456. The number of nitrogens with one attached hydrogen (secondary N) is 1. The van der Waals surface area contributed by atoms with Crippen LogP contribution in [0.25, 0.3) is 6.08 Å². The topological polar surface area (TPSA) is 98.5 Å². The fourth-order valence-electron chi connectivity index (χ4n) is 2.55. The largest absolute Gasteiger partial charge is 0.452 e. The number of rotatable bonds is 8. The number of amides is 1. The van der Waals surface area contributed by atoms with Crippen molar-refractivity contribution in [1.82, 2.24) is 0 Å². The van der Waals surface area contributed by atoms with Crippen molar-refractivity contribution in [2.45, 2.75) is 9.79 Å². The summed E-state index contributed by atoms with van der Waals surface area (Å²) in [7, 11) is 0. The third-order valence-corrected chi connectivity index (χ3v) is 5.05. The molecule has 0 saturated carbocycles. The molecular weight excluding hydrogens is 416 g/mol. The minimum atomic E-state index is -0.728. The van der Waals surface area contributed by atoms with Gasteiger partial charge in [-0.05, 0) is 35.9 Å². The average Bonchev–Trinajstić information content (AvgIpc) is 2.78. The number of non-ortho nitro benzene ring substituents is 1. The van der Waals surface area contributed by atoms with Gasteiger partial charge in [0.15, 0.2) is 6.61 Å². The third-order valence-electron chi connectivity index (χ3n) is 3.97. The minimum Gasteiger partial charge on any atom is -0.452 e. The van der Waals surface area contributed by atoms with Crippen LogP contribution in [0.2, 0.25) is 0 Å². The zero-order valence-corrected chi connectivity index (χ0v) is 17.1. The maximum Gasteiger partial charge on any atom is 0.331 e. The molecule has 0 unspecified atom stereocenters. The Bertz CT molecular complexity index is 1120. The standard InChI is InChI=1S/C23H18N2O5S/c26-22(16-30-23(27)14-13-17-7-6-8-18(15-17)25(28)29)24-20-11-4-5-12-21(20)31-19-9-2-1-3-10-19/h1-15H,16H2,(H,24,26)/b14-13+. The number of anilines is 1. The Balaban J connectivity index is 1.54. The molecule has 0 atom stereocenters. The summed E-state index contributed by atoms with van der Waals surface area (Å²) in [5.74, 6) is -1.20. The second kappa shape index (κ2) is 10.7. The molecule has 0 saturated heterocycles. The molecule has 0 fully saturated rings. The summed E-state index contributed by atoms with van der Waals surface area (Å²) in [6.07, 6.45) is 2.50. The van der Waals surface area contributed by atoms with Gasteiger partial charge < -0.3 is 10.1 Å². The Morgan fingerprint density at radius 2 is 1.74 bits per heavy atom. The Labute approximate surface area is 182 Å². The van der Waals surface area contributed by atoms with E-state index >= 15 is 0 Å². The van der Waals surface area contributed by atoms with E-state index < -0.39 is 23.4 Å². The third kappa shape index (κ3) is 6.83. The molecule has 1 N–H and O–H groups in total. The zero-order chi connectivity index (χ0) is 22.1. The van der Waals surface area contributed by atoms with Crippen molar-refractivity contribution >= 4 is 41.1 Å². The molecule has 0 bridgehead atoms. The number of nitrogens with zero attached hydrogens (tertiary/aromatic N) is 1. The lowest BCUT2D eigenvalue weighted by Crippen LogP contribution is -2.20. The molecule has 8 heteroatoms. The number of para-hydroxylation sites is 1. The van der Waals surface area contributed by atoms with Gasteiger partial charge in [-0.1, -0.05) is 54.2 Å². The number of carbonyl (C=O) groups is 2.